The Bertz CT molecular complexity index is 588. The van der Waals surface area contributed by atoms with Crippen molar-refractivity contribution in [3.05, 3.63) is 29.3 Å². The summed E-state index contributed by atoms with van der Waals surface area (Å²) < 4.78 is 5.40. The van der Waals surface area contributed by atoms with E-state index in [1.54, 1.807) is 21.2 Å². The molecule has 1 amide bonds. The molecule has 7 heteroatoms. The number of carbonyl (C=O) groups is 1. The lowest BCUT2D eigenvalue weighted by Crippen LogP contribution is -2.47. The van der Waals surface area contributed by atoms with Crippen LogP contribution >= 0.6 is 24.0 Å². The van der Waals surface area contributed by atoms with Crippen LogP contribution in [-0.2, 0) is 11.2 Å². The number of hydrogen-bond donors (Lipinski definition) is 3. The van der Waals surface area contributed by atoms with Crippen LogP contribution in [0.15, 0.2) is 23.2 Å². The maximum atomic E-state index is 11.8. The van der Waals surface area contributed by atoms with Crippen LogP contribution in [0.5, 0.6) is 5.75 Å². The molecule has 142 valence electrons. The summed E-state index contributed by atoms with van der Waals surface area (Å²) in [6, 6.07) is 6.16. The SMILES string of the molecule is CN=C(NCCc1cc(C)ccc1OC)NCC(C)(C)C(=O)NC.I. The number of amides is 1. The van der Waals surface area contributed by atoms with Crippen molar-refractivity contribution in [1.29, 1.82) is 0 Å². The van der Waals surface area contributed by atoms with Gasteiger partial charge >= 0.3 is 0 Å². The fraction of sp³-hybridized carbons (Fsp3) is 0.556. The molecule has 0 aliphatic rings. The van der Waals surface area contributed by atoms with Gasteiger partial charge in [0.1, 0.15) is 5.75 Å². The third-order valence-electron chi connectivity index (χ3n) is 3.89. The molecular formula is C18H31IN4O2. The molecule has 0 saturated carbocycles. The molecule has 0 aromatic heterocycles. The number of rotatable bonds is 7. The van der Waals surface area contributed by atoms with Crippen molar-refractivity contribution < 1.29 is 9.53 Å². The Morgan fingerprint density at radius 1 is 1.28 bits per heavy atom. The molecule has 0 bridgehead atoms. The summed E-state index contributed by atoms with van der Waals surface area (Å²) in [5.41, 5.74) is 1.86. The van der Waals surface area contributed by atoms with Crippen molar-refractivity contribution in [1.82, 2.24) is 16.0 Å². The Kier molecular flexibility index (Phi) is 10.5. The van der Waals surface area contributed by atoms with Crippen molar-refractivity contribution in [3.8, 4) is 5.75 Å². The topological polar surface area (TPSA) is 74.8 Å². The summed E-state index contributed by atoms with van der Waals surface area (Å²) in [7, 11) is 5.05. The van der Waals surface area contributed by atoms with Gasteiger partial charge in [-0.1, -0.05) is 17.7 Å². The average molecular weight is 462 g/mol. The number of ether oxygens (including phenoxy) is 1. The Labute approximate surface area is 168 Å². The molecule has 0 unspecified atom stereocenters. The highest BCUT2D eigenvalue weighted by Gasteiger charge is 2.26. The smallest absolute Gasteiger partial charge is 0.227 e. The van der Waals surface area contributed by atoms with Gasteiger partial charge in [0.05, 0.1) is 12.5 Å². The Balaban J connectivity index is 0.00000576. The number of halogens is 1. The van der Waals surface area contributed by atoms with Crippen LogP contribution in [0.1, 0.15) is 25.0 Å². The van der Waals surface area contributed by atoms with E-state index in [1.807, 2.05) is 26.0 Å². The number of guanidine groups is 1. The van der Waals surface area contributed by atoms with Gasteiger partial charge in [0.2, 0.25) is 5.91 Å². The van der Waals surface area contributed by atoms with Crippen molar-refractivity contribution >= 4 is 35.8 Å². The minimum atomic E-state index is -0.508. The van der Waals surface area contributed by atoms with Crippen molar-refractivity contribution in [2.45, 2.75) is 27.2 Å². The lowest BCUT2D eigenvalue weighted by molar-refractivity contribution is -0.128. The minimum absolute atomic E-state index is 0. The van der Waals surface area contributed by atoms with Gasteiger partial charge < -0.3 is 20.7 Å². The van der Waals surface area contributed by atoms with Crippen molar-refractivity contribution in [2.75, 3.05) is 34.3 Å². The molecule has 25 heavy (non-hydrogen) atoms. The predicted molar refractivity (Wildman–Crippen MR) is 114 cm³/mol. The van der Waals surface area contributed by atoms with E-state index >= 15 is 0 Å². The van der Waals surface area contributed by atoms with E-state index in [4.69, 9.17) is 4.74 Å². The minimum Gasteiger partial charge on any atom is -0.496 e. The van der Waals surface area contributed by atoms with Gasteiger partial charge in [-0.2, -0.15) is 0 Å². The van der Waals surface area contributed by atoms with E-state index < -0.39 is 5.41 Å². The second kappa shape index (κ2) is 11.2. The number of hydrogen-bond acceptors (Lipinski definition) is 3. The zero-order valence-corrected chi connectivity index (χ0v) is 18.4. The van der Waals surface area contributed by atoms with E-state index in [-0.39, 0.29) is 29.9 Å². The normalized spacial score (nSPS) is 11.4. The summed E-state index contributed by atoms with van der Waals surface area (Å²) in [5, 5.41) is 9.14. The van der Waals surface area contributed by atoms with Crippen LogP contribution in [0.25, 0.3) is 0 Å². The van der Waals surface area contributed by atoms with Gasteiger partial charge in [0.25, 0.3) is 0 Å². The second-order valence-corrected chi connectivity index (χ2v) is 6.38. The summed E-state index contributed by atoms with van der Waals surface area (Å²) in [6.45, 7) is 7.07. The third-order valence-corrected chi connectivity index (χ3v) is 3.89. The van der Waals surface area contributed by atoms with Gasteiger partial charge in [0, 0.05) is 27.2 Å². The molecule has 0 heterocycles. The van der Waals surface area contributed by atoms with E-state index in [0.717, 1.165) is 24.3 Å². The standard InChI is InChI=1S/C18H30N4O2.HI/c1-13-7-8-15(24-6)14(11-13)9-10-21-17(20-5)22-12-18(2,3)16(23)19-4;/h7-8,11H,9-10,12H2,1-6H3,(H,19,23)(H2,20,21,22);1H. The Hall–Kier alpha value is -1.51. The first-order chi connectivity index (χ1) is 11.3. The molecule has 0 aliphatic carbocycles. The van der Waals surface area contributed by atoms with Crippen molar-refractivity contribution in [2.24, 2.45) is 10.4 Å². The number of carbonyl (C=O) groups excluding carboxylic acids is 1. The largest absolute Gasteiger partial charge is 0.496 e. The summed E-state index contributed by atoms with van der Waals surface area (Å²) in [6.07, 6.45) is 0.824. The third kappa shape index (κ3) is 7.50. The van der Waals surface area contributed by atoms with Gasteiger partial charge in [-0.15, -0.1) is 24.0 Å². The molecule has 6 nitrogen and oxygen atoms in total. The molecule has 0 spiro atoms. The molecule has 1 aromatic rings. The van der Waals surface area contributed by atoms with Crippen LogP contribution in [0, 0.1) is 12.3 Å². The molecular weight excluding hydrogens is 431 g/mol. The summed E-state index contributed by atoms with van der Waals surface area (Å²) >= 11 is 0. The predicted octanol–water partition coefficient (Wildman–Crippen LogP) is 2.10. The van der Waals surface area contributed by atoms with Gasteiger partial charge in [0.15, 0.2) is 5.96 Å². The lowest BCUT2D eigenvalue weighted by atomic mass is 9.92. The van der Waals surface area contributed by atoms with E-state index in [9.17, 15) is 4.79 Å². The van der Waals surface area contributed by atoms with Crippen LogP contribution in [0.3, 0.4) is 0 Å². The monoisotopic (exact) mass is 462 g/mol. The first kappa shape index (κ1) is 23.5. The Morgan fingerprint density at radius 2 is 1.96 bits per heavy atom. The van der Waals surface area contributed by atoms with Gasteiger partial charge in [-0.3, -0.25) is 9.79 Å². The molecule has 1 aromatic carbocycles. The number of methoxy groups -OCH3 is 1. The van der Waals surface area contributed by atoms with Gasteiger partial charge in [-0.05, 0) is 38.8 Å². The zero-order chi connectivity index (χ0) is 18.2. The molecule has 0 atom stereocenters. The quantitative estimate of drug-likeness (QED) is 0.330. The molecule has 0 radical (unpaired) electrons. The fourth-order valence-corrected chi connectivity index (χ4v) is 2.36. The first-order valence-corrected chi connectivity index (χ1v) is 8.14. The summed E-state index contributed by atoms with van der Waals surface area (Å²) in [5.74, 6) is 1.57. The molecule has 0 fully saturated rings. The van der Waals surface area contributed by atoms with E-state index in [1.165, 1.54) is 5.56 Å². The molecule has 0 saturated heterocycles. The molecule has 1 rings (SSSR count). The maximum absolute atomic E-state index is 11.8. The van der Waals surface area contributed by atoms with Crippen LogP contribution in [0.2, 0.25) is 0 Å². The zero-order valence-electron chi connectivity index (χ0n) is 16.0. The highest BCUT2D eigenvalue weighted by atomic mass is 127. The highest BCUT2D eigenvalue weighted by molar-refractivity contribution is 14.0. The first-order valence-electron chi connectivity index (χ1n) is 8.14. The number of benzene rings is 1. The van der Waals surface area contributed by atoms with Gasteiger partial charge in [-0.25, -0.2) is 0 Å². The fourth-order valence-electron chi connectivity index (χ4n) is 2.36. The van der Waals surface area contributed by atoms with E-state index in [2.05, 4.69) is 33.9 Å². The highest BCUT2D eigenvalue weighted by Crippen LogP contribution is 2.19. The van der Waals surface area contributed by atoms with Crippen LogP contribution in [0.4, 0.5) is 0 Å². The second-order valence-electron chi connectivity index (χ2n) is 6.38. The number of aryl methyl sites for hydroxylation is 1. The number of nitrogens with zero attached hydrogens (tertiary/aromatic N) is 1. The summed E-state index contributed by atoms with van der Waals surface area (Å²) in [4.78, 5) is 16.0. The number of aliphatic imine (C=N–C) groups is 1. The molecule has 3 N–H and O–H groups in total. The van der Waals surface area contributed by atoms with Crippen LogP contribution in [-0.4, -0.2) is 46.2 Å². The number of nitrogens with one attached hydrogen (secondary N) is 3. The maximum Gasteiger partial charge on any atom is 0.227 e. The molecule has 0 aliphatic heterocycles. The van der Waals surface area contributed by atoms with E-state index in [0.29, 0.717) is 12.5 Å². The Morgan fingerprint density at radius 3 is 2.52 bits per heavy atom. The average Bonchev–Trinajstić information content (AvgIpc) is 2.57. The van der Waals surface area contributed by atoms with Crippen molar-refractivity contribution in [3.63, 3.8) is 0 Å². The van der Waals surface area contributed by atoms with Crippen LogP contribution < -0.4 is 20.7 Å². The lowest BCUT2D eigenvalue weighted by Gasteiger charge is -2.24.